The molecule has 0 aromatic heterocycles. The number of carboxylic acid groups (broad SMARTS) is 1. The Balaban J connectivity index is 0.00000185. The lowest BCUT2D eigenvalue weighted by Crippen LogP contribution is -2.30. The number of anilines is 2. The molecule has 1 aliphatic heterocycles. The third-order valence-corrected chi connectivity index (χ3v) is 6.23. The van der Waals surface area contributed by atoms with E-state index in [9.17, 15) is 14.7 Å². The van der Waals surface area contributed by atoms with Gasteiger partial charge in [-0.1, -0.05) is 67.2 Å². The van der Waals surface area contributed by atoms with Crippen LogP contribution in [0.25, 0.3) is 0 Å². The Bertz CT molecular complexity index is 991. The van der Waals surface area contributed by atoms with E-state index in [-0.39, 0.29) is 19.8 Å². The summed E-state index contributed by atoms with van der Waals surface area (Å²) < 4.78 is 31.6. The molecule has 0 bridgehead atoms. The molecule has 4 N–H and O–H groups in total. The Labute approximate surface area is 217 Å². The van der Waals surface area contributed by atoms with E-state index in [0.29, 0.717) is 0 Å². The topological polar surface area (TPSA) is 144 Å². The maximum Gasteiger partial charge on any atom is 0.394 e. The van der Waals surface area contributed by atoms with Gasteiger partial charge in [0.25, 0.3) is 0 Å². The van der Waals surface area contributed by atoms with Gasteiger partial charge in [-0.3, -0.25) is 18.7 Å². The fourth-order valence-corrected chi connectivity index (χ4v) is 4.31. The van der Waals surface area contributed by atoms with E-state index in [1.807, 2.05) is 34.6 Å². The molecule has 208 valence electrons. The van der Waals surface area contributed by atoms with Crippen LogP contribution in [0.1, 0.15) is 95.9 Å². The molecule has 0 spiro atoms. The highest BCUT2D eigenvalue weighted by Crippen LogP contribution is 2.43. The maximum absolute atomic E-state index is 12.8. The van der Waals surface area contributed by atoms with Crippen LogP contribution in [-0.2, 0) is 32.8 Å². The summed E-state index contributed by atoms with van der Waals surface area (Å²) in [6.07, 6.45) is 8.40. The van der Waals surface area contributed by atoms with Gasteiger partial charge >= 0.3 is 16.4 Å². The number of nitrogens with zero attached hydrogens (tertiary/aromatic N) is 1. The van der Waals surface area contributed by atoms with E-state index >= 15 is 0 Å². The fraction of sp³-hybridized carbons (Fsp3) is 0.692. The smallest absolute Gasteiger partial charge is 0.394 e. The van der Waals surface area contributed by atoms with Gasteiger partial charge in [0, 0.05) is 18.5 Å². The lowest BCUT2D eigenvalue weighted by Gasteiger charge is -2.28. The van der Waals surface area contributed by atoms with Crippen molar-refractivity contribution >= 4 is 33.7 Å². The van der Waals surface area contributed by atoms with Crippen LogP contribution in [-0.4, -0.2) is 47.6 Å². The van der Waals surface area contributed by atoms with E-state index < -0.39 is 21.8 Å². The van der Waals surface area contributed by atoms with Gasteiger partial charge in [0.05, 0.1) is 17.8 Å². The van der Waals surface area contributed by atoms with Crippen molar-refractivity contribution in [1.82, 2.24) is 0 Å². The second-order valence-electron chi connectivity index (χ2n) is 10.2. The van der Waals surface area contributed by atoms with Crippen molar-refractivity contribution in [3.05, 3.63) is 22.3 Å². The van der Waals surface area contributed by atoms with E-state index in [1.165, 1.54) is 37.7 Å². The van der Waals surface area contributed by atoms with E-state index in [1.54, 1.807) is 0 Å². The standard InChI is InChI=1S/C25H40N2O3.CH4.H2O4S/c1-7-8-9-10-11-12-14-27-15-13-19-17(2)20(16-21(28)29)18(3)22(23(19)27)26-24(30)25(4,5)6;;1-5(2,3)4/h7-16H2,1-6H3,(H,26,30)(H,28,29);1H4;(H2,1,2,3,4). The molecule has 1 aromatic carbocycles. The second-order valence-corrected chi connectivity index (χ2v) is 11.1. The largest absolute Gasteiger partial charge is 0.481 e. The summed E-state index contributed by atoms with van der Waals surface area (Å²) in [5, 5.41) is 12.6. The predicted molar refractivity (Wildman–Crippen MR) is 146 cm³/mol. The molecule has 1 amide bonds. The normalized spacial score (nSPS) is 12.8. The Morgan fingerprint density at radius 3 is 2.03 bits per heavy atom. The van der Waals surface area contributed by atoms with Gasteiger partial charge in [0.15, 0.2) is 0 Å². The lowest BCUT2D eigenvalue weighted by atomic mass is 9.90. The van der Waals surface area contributed by atoms with Crippen molar-refractivity contribution in [3.63, 3.8) is 0 Å². The van der Waals surface area contributed by atoms with Crippen molar-refractivity contribution in [2.45, 2.75) is 100 Å². The number of benzene rings is 1. The molecule has 36 heavy (non-hydrogen) atoms. The van der Waals surface area contributed by atoms with Gasteiger partial charge < -0.3 is 15.3 Å². The number of nitrogens with one attached hydrogen (secondary N) is 1. The van der Waals surface area contributed by atoms with Gasteiger partial charge in [-0.25, -0.2) is 0 Å². The van der Waals surface area contributed by atoms with Gasteiger partial charge in [-0.15, -0.1) is 0 Å². The summed E-state index contributed by atoms with van der Waals surface area (Å²) in [6.45, 7) is 13.8. The molecule has 1 aliphatic rings. The minimum Gasteiger partial charge on any atom is -0.481 e. The SMILES string of the molecule is C.CCCCCCCCN1CCc2c(C)c(CC(=O)O)c(C)c(NC(=O)C(C)(C)C)c21.O=S(=O)(O)O. The number of carbonyl (C=O) groups excluding carboxylic acids is 1. The Morgan fingerprint density at radius 1 is 1.00 bits per heavy atom. The zero-order valence-corrected chi connectivity index (χ0v) is 22.7. The van der Waals surface area contributed by atoms with Crippen LogP contribution >= 0.6 is 0 Å². The second kappa shape index (κ2) is 14.5. The summed E-state index contributed by atoms with van der Waals surface area (Å²) >= 11 is 0. The number of hydrogen-bond acceptors (Lipinski definition) is 5. The fourth-order valence-electron chi connectivity index (χ4n) is 4.31. The van der Waals surface area contributed by atoms with Crippen molar-refractivity contribution < 1.29 is 32.2 Å². The van der Waals surface area contributed by atoms with Crippen LogP contribution in [0, 0.1) is 19.3 Å². The molecule has 1 aromatic rings. The highest BCUT2D eigenvalue weighted by molar-refractivity contribution is 7.79. The molecule has 0 aliphatic carbocycles. The number of fused-ring (bicyclic) bond motifs is 1. The number of carbonyl (C=O) groups is 2. The van der Waals surface area contributed by atoms with Crippen LogP contribution < -0.4 is 10.2 Å². The Kier molecular flexibility index (Phi) is 13.7. The summed E-state index contributed by atoms with van der Waals surface area (Å²) in [5.41, 5.74) is 5.42. The zero-order valence-electron chi connectivity index (χ0n) is 21.9. The van der Waals surface area contributed by atoms with Gasteiger partial charge in [-0.2, -0.15) is 8.42 Å². The van der Waals surface area contributed by atoms with Crippen molar-refractivity contribution in [2.24, 2.45) is 5.41 Å². The predicted octanol–water partition coefficient (Wildman–Crippen LogP) is 5.62. The zero-order chi connectivity index (χ0) is 27.0. The maximum atomic E-state index is 12.8. The van der Waals surface area contributed by atoms with Crippen molar-refractivity contribution in [3.8, 4) is 0 Å². The lowest BCUT2D eigenvalue weighted by molar-refractivity contribution is -0.136. The average Bonchev–Trinajstić information content (AvgIpc) is 3.12. The van der Waals surface area contributed by atoms with Crippen molar-refractivity contribution in [2.75, 3.05) is 23.3 Å². The molecule has 2 rings (SSSR count). The quantitative estimate of drug-likeness (QED) is 0.225. The monoisotopic (exact) mass is 530 g/mol. The average molecular weight is 531 g/mol. The van der Waals surface area contributed by atoms with E-state index in [4.69, 9.17) is 17.5 Å². The molecular formula is C26H46N2O7S. The van der Waals surface area contributed by atoms with E-state index in [0.717, 1.165) is 54.0 Å². The first kappa shape index (κ1) is 33.8. The first-order valence-electron chi connectivity index (χ1n) is 12.2. The number of hydrogen-bond donors (Lipinski definition) is 4. The van der Waals surface area contributed by atoms with Crippen molar-refractivity contribution in [1.29, 1.82) is 0 Å². The minimum absolute atomic E-state index is 0. The number of unbranched alkanes of at least 4 members (excludes halogenated alkanes) is 5. The molecule has 0 unspecified atom stereocenters. The van der Waals surface area contributed by atoms with E-state index in [2.05, 4.69) is 17.1 Å². The molecule has 0 fully saturated rings. The molecular weight excluding hydrogens is 484 g/mol. The molecule has 9 nitrogen and oxygen atoms in total. The summed E-state index contributed by atoms with van der Waals surface area (Å²) in [6, 6.07) is 0. The van der Waals surface area contributed by atoms with Gasteiger partial charge in [-0.05, 0) is 48.9 Å². The van der Waals surface area contributed by atoms with Crippen LogP contribution in [0.4, 0.5) is 11.4 Å². The van der Waals surface area contributed by atoms with Gasteiger partial charge in [0.2, 0.25) is 5.91 Å². The third kappa shape index (κ3) is 10.8. The number of rotatable bonds is 10. The number of carboxylic acids is 1. The van der Waals surface area contributed by atoms with Crippen LogP contribution in [0.15, 0.2) is 0 Å². The summed E-state index contributed by atoms with van der Waals surface area (Å²) in [5.74, 6) is -0.875. The molecule has 0 radical (unpaired) electrons. The number of aliphatic carboxylic acids is 1. The van der Waals surface area contributed by atoms with Crippen LogP contribution in [0.5, 0.6) is 0 Å². The van der Waals surface area contributed by atoms with Crippen LogP contribution in [0.2, 0.25) is 0 Å². The summed E-state index contributed by atoms with van der Waals surface area (Å²) in [7, 11) is -4.67. The first-order valence-corrected chi connectivity index (χ1v) is 13.6. The highest BCUT2D eigenvalue weighted by atomic mass is 32.3. The third-order valence-electron chi connectivity index (χ3n) is 6.23. The summed E-state index contributed by atoms with van der Waals surface area (Å²) in [4.78, 5) is 26.7. The Hall–Kier alpha value is -2.17. The number of amides is 1. The molecule has 0 saturated heterocycles. The Morgan fingerprint density at radius 2 is 1.53 bits per heavy atom. The molecule has 10 heteroatoms. The van der Waals surface area contributed by atoms with Crippen LogP contribution in [0.3, 0.4) is 0 Å². The molecule has 0 saturated carbocycles. The first-order chi connectivity index (χ1) is 16.1. The molecule has 0 atom stereocenters. The minimum atomic E-state index is -4.67. The molecule has 1 heterocycles. The van der Waals surface area contributed by atoms with Gasteiger partial charge in [0.1, 0.15) is 0 Å². The highest BCUT2D eigenvalue weighted by Gasteiger charge is 2.31.